The lowest BCUT2D eigenvalue weighted by Gasteiger charge is -2.11. The van der Waals surface area contributed by atoms with Gasteiger partial charge in [-0.05, 0) is 35.9 Å². The lowest BCUT2D eigenvalue weighted by Crippen LogP contribution is -1.98. The maximum absolute atomic E-state index is 8.56. The van der Waals surface area contributed by atoms with E-state index >= 15 is 0 Å². The van der Waals surface area contributed by atoms with Crippen LogP contribution in [0.3, 0.4) is 0 Å². The van der Waals surface area contributed by atoms with Gasteiger partial charge in [-0.25, -0.2) is 0 Å². The van der Waals surface area contributed by atoms with Crippen molar-refractivity contribution in [3.05, 3.63) is 58.1 Å². The molecule has 5 heteroatoms. The summed E-state index contributed by atoms with van der Waals surface area (Å²) in [6, 6.07) is 13.2. The van der Waals surface area contributed by atoms with Crippen LogP contribution in [-0.2, 0) is 6.61 Å². The van der Waals surface area contributed by atoms with E-state index < -0.39 is 0 Å². The van der Waals surface area contributed by atoms with Crippen molar-refractivity contribution in [2.75, 3.05) is 7.11 Å². The van der Waals surface area contributed by atoms with E-state index in [1.165, 1.54) is 6.21 Å². The van der Waals surface area contributed by atoms with Gasteiger partial charge in [0, 0.05) is 10.0 Å². The third-order valence-electron chi connectivity index (χ3n) is 2.70. The van der Waals surface area contributed by atoms with Crippen LogP contribution in [0.1, 0.15) is 11.1 Å². The van der Waals surface area contributed by atoms with Gasteiger partial charge in [-0.3, -0.25) is 0 Å². The van der Waals surface area contributed by atoms with Crippen LogP contribution >= 0.6 is 15.9 Å². The van der Waals surface area contributed by atoms with Gasteiger partial charge in [0.05, 0.1) is 13.3 Å². The molecule has 0 fully saturated rings. The fourth-order valence-electron chi connectivity index (χ4n) is 1.69. The monoisotopic (exact) mass is 335 g/mol. The van der Waals surface area contributed by atoms with Crippen molar-refractivity contribution in [3.63, 3.8) is 0 Å². The normalized spacial score (nSPS) is 10.7. The molecule has 0 aromatic heterocycles. The molecule has 104 valence electrons. The summed E-state index contributed by atoms with van der Waals surface area (Å²) in [5, 5.41) is 11.6. The highest BCUT2D eigenvalue weighted by atomic mass is 79.9. The average molecular weight is 336 g/mol. The fraction of sp³-hybridized carbons (Fsp3) is 0.133. The summed E-state index contributed by atoms with van der Waals surface area (Å²) in [4.78, 5) is 0. The van der Waals surface area contributed by atoms with E-state index in [-0.39, 0.29) is 0 Å². The number of rotatable bonds is 5. The molecule has 4 nitrogen and oxygen atoms in total. The van der Waals surface area contributed by atoms with Crippen LogP contribution in [0, 0.1) is 0 Å². The molecule has 0 aliphatic heterocycles. The Labute approximate surface area is 125 Å². The van der Waals surface area contributed by atoms with Crippen molar-refractivity contribution in [1.82, 2.24) is 0 Å². The molecule has 0 saturated carbocycles. The van der Waals surface area contributed by atoms with Crippen LogP contribution in [0.4, 0.5) is 0 Å². The van der Waals surface area contributed by atoms with E-state index in [9.17, 15) is 0 Å². The van der Waals surface area contributed by atoms with Crippen molar-refractivity contribution in [1.29, 1.82) is 0 Å². The Morgan fingerprint density at radius 2 is 1.90 bits per heavy atom. The molecule has 0 saturated heterocycles. The van der Waals surface area contributed by atoms with Gasteiger partial charge in [0.25, 0.3) is 0 Å². The van der Waals surface area contributed by atoms with Crippen molar-refractivity contribution in [2.24, 2.45) is 5.16 Å². The number of ether oxygens (including phenoxy) is 2. The van der Waals surface area contributed by atoms with Crippen LogP contribution in [0.5, 0.6) is 11.5 Å². The lowest BCUT2D eigenvalue weighted by molar-refractivity contribution is 0.284. The van der Waals surface area contributed by atoms with Crippen LogP contribution in [0.15, 0.2) is 52.1 Å². The van der Waals surface area contributed by atoms with E-state index in [2.05, 4.69) is 21.1 Å². The first-order chi connectivity index (χ1) is 9.72. The van der Waals surface area contributed by atoms with E-state index in [0.717, 1.165) is 15.6 Å². The number of benzene rings is 2. The largest absolute Gasteiger partial charge is 0.493 e. The van der Waals surface area contributed by atoms with Gasteiger partial charge in [0.2, 0.25) is 0 Å². The highest BCUT2D eigenvalue weighted by Gasteiger charge is 2.05. The quantitative estimate of drug-likeness (QED) is 0.513. The van der Waals surface area contributed by atoms with Crippen molar-refractivity contribution >= 4 is 22.1 Å². The number of halogens is 1. The van der Waals surface area contributed by atoms with Gasteiger partial charge in [0.1, 0.15) is 6.61 Å². The van der Waals surface area contributed by atoms with Crippen LogP contribution in [-0.4, -0.2) is 18.5 Å². The van der Waals surface area contributed by atoms with Crippen molar-refractivity contribution < 1.29 is 14.7 Å². The molecule has 0 amide bonds. The van der Waals surface area contributed by atoms with Gasteiger partial charge >= 0.3 is 0 Å². The van der Waals surface area contributed by atoms with Crippen LogP contribution in [0.25, 0.3) is 0 Å². The number of hydrogen-bond acceptors (Lipinski definition) is 4. The molecule has 2 rings (SSSR count). The van der Waals surface area contributed by atoms with Gasteiger partial charge in [-0.2, -0.15) is 0 Å². The first kappa shape index (κ1) is 14.4. The third kappa shape index (κ3) is 3.74. The SMILES string of the molecule is COc1ccc(C=NO)cc1OCc1ccc(Br)cc1. The van der Waals surface area contributed by atoms with E-state index in [1.54, 1.807) is 25.3 Å². The molecule has 20 heavy (non-hydrogen) atoms. The minimum absolute atomic E-state index is 0.434. The minimum atomic E-state index is 0.434. The van der Waals surface area contributed by atoms with Crippen molar-refractivity contribution in [3.8, 4) is 11.5 Å². The fourth-order valence-corrected chi connectivity index (χ4v) is 1.96. The second-order valence-corrected chi connectivity index (χ2v) is 4.99. The molecule has 0 aliphatic carbocycles. The third-order valence-corrected chi connectivity index (χ3v) is 3.23. The van der Waals surface area contributed by atoms with Crippen molar-refractivity contribution in [2.45, 2.75) is 6.61 Å². The van der Waals surface area contributed by atoms with E-state index in [0.29, 0.717) is 18.1 Å². The highest BCUT2D eigenvalue weighted by Crippen LogP contribution is 2.28. The molecule has 0 spiro atoms. The molecular weight excluding hydrogens is 322 g/mol. The Hall–Kier alpha value is -2.01. The summed E-state index contributed by atoms with van der Waals surface area (Å²) in [6.45, 7) is 0.434. The second kappa shape index (κ2) is 6.96. The summed E-state index contributed by atoms with van der Waals surface area (Å²) < 4.78 is 12.0. The Morgan fingerprint density at radius 3 is 2.55 bits per heavy atom. The molecule has 0 heterocycles. The van der Waals surface area contributed by atoms with Crippen LogP contribution in [0.2, 0.25) is 0 Å². The summed E-state index contributed by atoms with van der Waals surface area (Å²) in [7, 11) is 1.58. The maximum Gasteiger partial charge on any atom is 0.162 e. The zero-order valence-electron chi connectivity index (χ0n) is 10.9. The molecular formula is C15H14BrNO3. The minimum Gasteiger partial charge on any atom is -0.493 e. The van der Waals surface area contributed by atoms with E-state index in [1.807, 2.05) is 24.3 Å². The molecule has 0 radical (unpaired) electrons. The maximum atomic E-state index is 8.56. The Balaban J connectivity index is 2.14. The number of methoxy groups -OCH3 is 1. The average Bonchev–Trinajstić information content (AvgIpc) is 2.47. The van der Waals surface area contributed by atoms with E-state index in [4.69, 9.17) is 14.7 Å². The molecule has 0 aliphatic rings. The zero-order chi connectivity index (χ0) is 14.4. The number of oxime groups is 1. The predicted octanol–water partition coefficient (Wildman–Crippen LogP) is 3.84. The molecule has 1 N–H and O–H groups in total. The first-order valence-electron chi connectivity index (χ1n) is 5.95. The van der Waals surface area contributed by atoms with Gasteiger partial charge < -0.3 is 14.7 Å². The molecule has 2 aromatic rings. The summed E-state index contributed by atoms with van der Waals surface area (Å²) in [6.07, 6.45) is 1.34. The van der Waals surface area contributed by atoms with Crippen LogP contribution < -0.4 is 9.47 Å². The lowest BCUT2D eigenvalue weighted by atomic mass is 10.2. The second-order valence-electron chi connectivity index (χ2n) is 4.07. The predicted molar refractivity (Wildman–Crippen MR) is 80.8 cm³/mol. The smallest absolute Gasteiger partial charge is 0.162 e. The first-order valence-corrected chi connectivity index (χ1v) is 6.75. The summed E-state index contributed by atoms with van der Waals surface area (Å²) in [5.41, 5.74) is 1.79. The Bertz CT molecular complexity index is 597. The summed E-state index contributed by atoms with van der Waals surface area (Å²) >= 11 is 3.39. The molecule has 2 aromatic carbocycles. The highest BCUT2D eigenvalue weighted by molar-refractivity contribution is 9.10. The molecule has 0 bridgehead atoms. The van der Waals surface area contributed by atoms with Gasteiger partial charge in [-0.1, -0.05) is 33.2 Å². The van der Waals surface area contributed by atoms with Gasteiger partial charge in [0.15, 0.2) is 11.5 Å². The molecule has 0 atom stereocenters. The number of nitrogens with zero attached hydrogens (tertiary/aromatic N) is 1. The van der Waals surface area contributed by atoms with Gasteiger partial charge in [-0.15, -0.1) is 0 Å². The molecule has 0 unspecified atom stereocenters. The zero-order valence-corrected chi connectivity index (χ0v) is 12.5. The standard InChI is InChI=1S/C15H14BrNO3/c1-19-14-7-4-12(9-17-18)8-15(14)20-10-11-2-5-13(16)6-3-11/h2-9,18H,10H2,1H3. The number of hydrogen-bond donors (Lipinski definition) is 1. The topological polar surface area (TPSA) is 51.0 Å². The Morgan fingerprint density at radius 1 is 1.15 bits per heavy atom. The summed E-state index contributed by atoms with van der Waals surface area (Å²) in [5.74, 6) is 1.24. The Kier molecular flexibility index (Phi) is 5.01.